The van der Waals surface area contributed by atoms with Crippen molar-refractivity contribution in [3.05, 3.63) is 34.0 Å². The van der Waals surface area contributed by atoms with Crippen LogP contribution in [0.2, 0.25) is 0 Å². The maximum atomic E-state index is 11.5. The van der Waals surface area contributed by atoms with Crippen molar-refractivity contribution in [3.63, 3.8) is 0 Å². The van der Waals surface area contributed by atoms with Crippen LogP contribution in [0, 0.1) is 6.92 Å². The zero-order chi connectivity index (χ0) is 16.8. The fourth-order valence-corrected chi connectivity index (χ4v) is 5.22. The lowest BCUT2D eigenvalue weighted by Gasteiger charge is -2.11. The van der Waals surface area contributed by atoms with Crippen LogP contribution in [0.3, 0.4) is 0 Å². The third kappa shape index (κ3) is 5.24. The number of amides is 1. The molecule has 0 saturated heterocycles. The number of nitrogens with one attached hydrogen (secondary N) is 1. The quantitative estimate of drug-likeness (QED) is 0.422. The molecule has 1 amide bonds. The minimum Gasteiger partial charge on any atom is -0.289 e. The summed E-state index contributed by atoms with van der Waals surface area (Å²) in [7, 11) is -1.27. The van der Waals surface area contributed by atoms with E-state index in [2.05, 4.69) is 31.2 Å². The van der Waals surface area contributed by atoms with Crippen molar-refractivity contribution in [2.45, 2.75) is 37.9 Å². The van der Waals surface area contributed by atoms with Crippen molar-refractivity contribution in [1.82, 2.24) is 5.48 Å². The molecule has 0 aromatic carbocycles. The average Bonchev–Trinajstić information content (AvgIpc) is 3.15. The fourth-order valence-electron chi connectivity index (χ4n) is 2.36. The van der Waals surface area contributed by atoms with Gasteiger partial charge in [-0.3, -0.25) is 14.2 Å². The lowest BCUT2D eigenvalue weighted by molar-refractivity contribution is -0.128. The van der Waals surface area contributed by atoms with E-state index >= 15 is 0 Å². The Morgan fingerprint density at radius 1 is 1.22 bits per heavy atom. The van der Waals surface area contributed by atoms with Crippen LogP contribution in [-0.4, -0.2) is 26.8 Å². The molecular formula is C16H21NO3S3. The lowest BCUT2D eigenvalue weighted by atomic mass is 10.1. The molecule has 2 unspecified atom stereocenters. The highest BCUT2D eigenvalue weighted by atomic mass is 32.2. The molecule has 0 saturated carbocycles. The van der Waals surface area contributed by atoms with Crippen LogP contribution in [-0.2, 0) is 22.0 Å². The monoisotopic (exact) mass is 371 g/mol. The molecule has 0 aliphatic rings. The first-order valence-corrected chi connectivity index (χ1v) is 10.7. The second kappa shape index (κ2) is 8.73. The van der Waals surface area contributed by atoms with Crippen LogP contribution in [0.4, 0.5) is 0 Å². The molecule has 2 aromatic rings. The van der Waals surface area contributed by atoms with E-state index in [0.29, 0.717) is 6.42 Å². The van der Waals surface area contributed by atoms with Crippen molar-refractivity contribution in [2.24, 2.45) is 0 Å². The molecule has 2 aromatic heterocycles. The van der Waals surface area contributed by atoms with Gasteiger partial charge < -0.3 is 0 Å². The predicted octanol–water partition coefficient (Wildman–Crippen LogP) is 3.75. The molecule has 126 valence electrons. The summed E-state index contributed by atoms with van der Waals surface area (Å²) in [5.74, 6) is -0.558. The summed E-state index contributed by atoms with van der Waals surface area (Å²) < 4.78 is 11.5. The summed E-state index contributed by atoms with van der Waals surface area (Å²) in [5.41, 5.74) is 1.60. The Morgan fingerprint density at radius 2 is 1.91 bits per heavy atom. The summed E-state index contributed by atoms with van der Waals surface area (Å²) in [6.45, 7) is 2.11. The van der Waals surface area contributed by atoms with E-state index < -0.39 is 22.0 Å². The molecule has 23 heavy (non-hydrogen) atoms. The minimum absolute atomic E-state index is 0.526. The van der Waals surface area contributed by atoms with Gasteiger partial charge >= 0.3 is 0 Å². The van der Waals surface area contributed by atoms with Crippen LogP contribution in [0.15, 0.2) is 24.3 Å². The van der Waals surface area contributed by atoms with Crippen molar-refractivity contribution < 1.29 is 14.2 Å². The zero-order valence-electron chi connectivity index (χ0n) is 13.2. The van der Waals surface area contributed by atoms with Gasteiger partial charge in [0.2, 0.25) is 0 Å². The predicted molar refractivity (Wildman–Crippen MR) is 97.7 cm³/mol. The van der Waals surface area contributed by atoms with Gasteiger partial charge in [-0.1, -0.05) is 6.42 Å². The second-order valence-corrected chi connectivity index (χ2v) is 9.41. The summed E-state index contributed by atoms with van der Waals surface area (Å²) in [6.07, 6.45) is 4.73. The topological polar surface area (TPSA) is 66.4 Å². The van der Waals surface area contributed by atoms with E-state index in [1.807, 2.05) is 0 Å². The number of hydroxylamine groups is 1. The molecule has 0 aliphatic heterocycles. The number of rotatable bonds is 8. The number of hydrogen-bond donors (Lipinski definition) is 2. The third-order valence-corrected chi connectivity index (χ3v) is 7.18. The second-order valence-electron chi connectivity index (χ2n) is 5.39. The highest BCUT2D eigenvalue weighted by molar-refractivity contribution is 7.85. The Hall–Kier alpha value is -1.02. The van der Waals surface area contributed by atoms with E-state index in [1.165, 1.54) is 25.8 Å². The Morgan fingerprint density at radius 3 is 2.52 bits per heavy atom. The van der Waals surface area contributed by atoms with E-state index in [9.17, 15) is 9.00 Å². The highest BCUT2D eigenvalue weighted by Gasteiger charge is 2.21. The van der Waals surface area contributed by atoms with E-state index in [4.69, 9.17) is 5.21 Å². The molecule has 0 spiro atoms. The molecule has 0 aliphatic carbocycles. The molecule has 2 rings (SSSR count). The molecule has 0 fully saturated rings. The van der Waals surface area contributed by atoms with Crippen LogP contribution in [0.5, 0.6) is 0 Å². The van der Waals surface area contributed by atoms with Crippen LogP contribution in [0.1, 0.15) is 29.0 Å². The molecule has 2 N–H and O–H groups in total. The SMILES string of the molecule is Cc1ccc(-c2ccc(CCCCC(C(=O)NO)S(C)=O)s2)s1. The van der Waals surface area contributed by atoms with Crippen LogP contribution >= 0.6 is 22.7 Å². The zero-order valence-corrected chi connectivity index (χ0v) is 15.7. The standard InChI is InChI=1S/C16H21NO3S3/c1-11-7-9-13(21-11)14-10-8-12(22-14)5-3-4-6-15(23(2)20)16(18)17-19/h7-10,15,19H,3-6H2,1-2H3,(H,17,18). The van der Waals surface area contributed by atoms with E-state index in [1.54, 1.807) is 28.2 Å². The maximum Gasteiger partial charge on any atom is 0.259 e. The summed E-state index contributed by atoms with van der Waals surface area (Å²) in [4.78, 5) is 16.7. The van der Waals surface area contributed by atoms with Gasteiger partial charge in [-0.05, 0) is 50.5 Å². The Kier molecular flexibility index (Phi) is 6.95. The van der Waals surface area contributed by atoms with Gasteiger partial charge in [0.15, 0.2) is 0 Å². The number of aryl methyl sites for hydroxylation is 2. The van der Waals surface area contributed by atoms with Gasteiger partial charge in [-0.2, -0.15) is 0 Å². The smallest absolute Gasteiger partial charge is 0.259 e. The lowest BCUT2D eigenvalue weighted by Crippen LogP contribution is -2.35. The van der Waals surface area contributed by atoms with Crippen molar-refractivity contribution in [1.29, 1.82) is 0 Å². The molecule has 0 bridgehead atoms. The first kappa shape index (κ1) is 18.3. The summed E-state index contributed by atoms with van der Waals surface area (Å²) in [6, 6.07) is 8.61. The van der Waals surface area contributed by atoms with Crippen molar-refractivity contribution in [2.75, 3.05) is 6.26 Å². The number of hydrogen-bond acceptors (Lipinski definition) is 5. The first-order chi connectivity index (χ1) is 11.0. The van der Waals surface area contributed by atoms with Crippen molar-refractivity contribution in [3.8, 4) is 9.75 Å². The van der Waals surface area contributed by atoms with Crippen LogP contribution < -0.4 is 5.48 Å². The molecule has 2 atom stereocenters. The van der Waals surface area contributed by atoms with Gasteiger partial charge in [-0.15, -0.1) is 22.7 Å². The molecule has 2 heterocycles. The largest absolute Gasteiger partial charge is 0.289 e. The number of thiophene rings is 2. The minimum atomic E-state index is -1.27. The maximum absolute atomic E-state index is 11.5. The molecular weight excluding hydrogens is 350 g/mol. The third-order valence-electron chi connectivity index (χ3n) is 3.59. The van der Waals surface area contributed by atoms with Gasteiger partial charge in [-0.25, -0.2) is 5.48 Å². The van der Waals surface area contributed by atoms with Gasteiger partial charge in [0.25, 0.3) is 5.91 Å². The van der Waals surface area contributed by atoms with Gasteiger partial charge in [0, 0.05) is 36.6 Å². The average molecular weight is 372 g/mol. The van der Waals surface area contributed by atoms with Crippen LogP contribution in [0.25, 0.3) is 9.75 Å². The Balaban J connectivity index is 1.81. The van der Waals surface area contributed by atoms with E-state index in [0.717, 1.165) is 19.3 Å². The number of carbonyl (C=O) groups is 1. The van der Waals surface area contributed by atoms with Gasteiger partial charge in [0.1, 0.15) is 5.25 Å². The summed E-state index contributed by atoms with van der Waals surface area (Å²) >= 11 is 3.61. The Bertz CT molecular complexity index is 678. The molecule has 0 radical (unpaired) electrons. The summed E-state index contributed by atoms with van der Waals surface area (Å²) in [5, 5.41) is 8.04. The first-order valence-electron chi connectivity index (χ1n) is 7.43. The van der Waals surface area contributed by atoms with Gasteiger partial charge in [0.05, 0.1) is 0 Å². The number of unbranched alkanes of at least 4 members (excludes halogenated alkanes) is 1. The van der Waals surface area contributed by atoms with E-state index in [-0.39, 0.29) is 0 Å². The fraction of sp³-hybridized carbons (Fsp3) is 0.438. The Labute approximate surface area is 147 Å². The normalized spacial score (nSPS) is 13.7. The highest BCUT2D eigenvalue weighted by Crippen LogP contribution is 2.33. The van der Waals surface area contributed by atoms with Crippen molar-refractivity contribution >= 4 is 39.4 Å². The molecule has 4 nitrogen and oxygen atoms in total. The molecule has 7 heteroatoms. The number of carbonyl (C=O) groups excluding carboxylic acids is 1.